The Labute approximate surface area is 165 Å². The zero-order valence-corrected chi connectivity index (χ0v) is 15.7. The van der Waals surface area contributed by atoms with E-state index in [2.05, 4.69) is 0 Å². The topological polar surface area (TPSA) is 101 Å². The molecule has 3 aliphatic heterocycles. The monoisotopic (exact) mass is 398 g/mol. The Kier molecular flexibility index (Phi) is 3.76. The fourth-order valence-electron chi connectivity index (χ4n) is 4.57. The van der Waals surface area contributed by atoms with Crippen molar-refractivity contribution in [2.24, 2.45) is 11.8 Å². The second-order valence-electron chi connectivity index (χ2n) is 7.27. The van der Waals surface area contributed by atoms with Gasteiger partial charge in [0.15, 0.2) is 17.1 Å². The highest BCUT2D eigenvalue weighted by atomic mass is 16.7. The molecule has 0 bridgehead atoms. The highest BCUT2D eigenvalue weighted by Crippen LogP contribution is 2.58. The van der Waals surface area contributed by atoms with E-state index in [0.29, 0.717) is 16.7 Å². The van der Waals surface area contributed by atoms with Crippen molar-refractivity contribution in [1.82, 2.24) is 0 Å². The largest absolute Gasteiger partial charge is 0.504 e. The second kappa shape index (κ2) is 6.12. The van der Waals surface area contributed by atoms with E-state index in [4.69, 9.17) is 23.7 Å². The number of ether oxygens (including phenoxy) is 5. The van der Waals surface area contributed by atoms with Crippen molar-refractivity contribution >= 4 is 18.0 Å². The van der Waals surface area contributed by atoms with Gasteiger partial charge in [-0.2, -0.15) is 0 Å². The number of hydrogen-bond acceptors (Lipinski definition) is 8. The van der Waals surface area contributed by atoms with Crippen molar-refractivity contribution in [2.45, 2.75) is 18.0 Å². The number of aromatic hydroxyl groups is 1. The molecule has 0 unspecified atom stereocenters. The number of benzene rings is 1. The quantitative estimate of drug-likeness (QED) is 0.467. The lowest BCUT2D eigenvalue weighted by molar-refractivity contribution is -0.152. The van der Waals surface area contributed by atoms with E-state index < -0.39 is 29.9 Å². The van der Waals surface area contributed by atoms with Gasteiger partial charge in [-0.3, -0.25) is 0 Å². The molecule has 5 atom stereocenters. The second-order valence-corrected chi connectivity index (χ2v) is 7.27. The highest BCUT2D eigenvalue weighted by molar-refractivity contribution is 5.99. The van der Waals surface area contributed by atoms with Gasteiger partial charge in [0.1, 0.15) is 6.10 Å². The Morgan fingerprint density at radius 1 is 1.31 bits per heavy atom. The van der Waals surface area contributed by atoms with Crippen LogP contribution in [0.15, 0.2) is 47.8 Å². The van der Waals surface area contributed by atoms with Gasteiger partial charge in [0.05, 0.1) is 37.5 Å². The molecule has 1 aromatic rings. The minimum absolute atomic E-state index is 0.000336. The van der Waals surface area contributed by atoms with Gasteiger partial charge in [0.25, 0.3) is 0 Å². The Hall–Kier alpha value is -3.26. The average Bonchev–Trinajstić information content (AvgIpc) is 3.33. The van der Waals surface area contributed by atoms with Crippen LogP contribution in [0.25, 0.3) is 6.08 Å². The first-order valence-electron chi connectivity index (χ1n) is 9.09. The third kappa shape index (κ3) is 2.35. The molecule has 0 aromatic heterocycles. The summed E-state index contributed by atoms with van der Waals surface area (Å²) in [5.41, 5.74) is 0.311. The highest BCUT2D eigenvalue weighted by Gasteiger charge is 2.70. The zero-order valence-electron chi connectivity index (χ0n) is 15.7. The third-order valence-electron chi connectivity index (χ3n) is 5.87. The molecule has 0 saturated carbocycles. The molecule has 0 amide bonds. The molecule has 8 heteroatoms. The molecule has 5 rings (SSSR count). The summed E-state index contributed by atoms with van der Waals surface area (Å²) in [6, 6.07) is 4.76. The third-order valence-corrected chi connectivity index (χ3v) is 5.87. The standard InChI is InChI=1S/C21H18O8/c1-25-15-8-10(3-4-14(15)22)7-12-17-21(29-19(12)24)6-5-11-13(18(23)26-2)9-27-20(28-17)16(11)21/h3-9,11,16-17,20,22H,1-2H3/b12-7+/t11-,16+,17+,20+,21+/m0/s1. The van der Waals surface area contributed by atoms with Crippen LogP contribution in [0.1, 0.15) is 5.56 Å². The van der Waals surface area contributed by atoms with Gasteiger partial charge in [0.2, 0.25) is 6.29 Å². The maximum atomic E-state index is 12.7. The van der Waals surface area contributed by atoms with Gasteiger partial charge in [-0.15, -0.1) is 0 Å². The van der Waals surface area contributed by atoms with Crippen LogP contribution in [0.3, 0.4) is 0 Å². The van der Waals surface area contributed by atoms with Crippen LogP contribution in [-0.2, 0) is 28.5 Å². The fourth-order valence-corrected chi connectivity index (χ4v) is 4.57. The lowest BCUT2D eigenvalue weighted by Gasteiger charge is -2.32. The summed E-state index contributed by atoms with van der Waals surface area (Å²) in [6.07, 6.45) is 5.30. The van der Waals surface area contributed by atoms with Gasteiger partial charge in [0, 0.05) is 5.92 Å². The summed E-state index contributed by atoms with van der Waals surface area (Å²) in [6.45, 7) is 0. The van der Waals surface area contributed by atoms with Gasteiger partial charge in [-0.1, -0.05) is 12.1 Å². The van der Waals surface area contributed by atoms with E-state index in [1.165, 1.54) is 26.5 Å². The summed E-state index contributed by atoms with van der Waals surface area (Å²) >= 11 is 0. The van der Waals surface area contributed by atoms with E-state index >= 15 is 0 Å². The van der Waals surface area contributed by atoms with Crippen molar-refractivity contribution in [3.8, 4) is 11.5 Å². The first kappa shape index (κ1) is 17.8. The van der Waals surface area contributed by atoms with Crippen LogP contribution in [-0.4, -0.2) is 49.3 Å². The Morgan fingerprint density at radius 3 is 2.90 bits per heavy atom. The van der Waals surface area contributed by atoms with Crippen LogP contribution in [0.2, 0.25) is 0 Å². The molecule has 4 aliphatic rings. The van der Waals surface area contributed by atoms with Gasteiger partial charge < -0.3 is 28.8 Å². The number of allylic oxidation sites excluding steroid dienone is 1. The summed E-state index contributed by atoms with van der Waals surface area (Å²) in [4.78, 5) is 24.8. The molecule has 150 valence electrons. The number of methoxy groups -OCH3 is 2. The minimum Gasteiger partial charge on any atom is -0.504 e. The predicted octanol–water partition coefficient (Wildman–Crippen LogP) is 1.69. The molecular weight excluding hydrogens is 380 g/mol. The number of esters is 2. The number of carbonyl (C=O) groups excluding carboxylic acids is 2. The number of phenolic OH excluding ortho intramolecular Hbond substituents is 1. The van der Waals surface area contributed by atoms with Crippen LogP contribution in [0.5, 0.6) is 11.5 Å². The van der Waals surface area contributed by atoms with E-state index in [-0.39, 0.29) is 23.3 Å². The molecule has 2 fully saturated rings. The van der Waals surface area contributed by atoms with E-state index in [0.717, 1.165) is 0 Å². The Balaban J connectivity index is 1.52. The van der Waals surface area contributed by atoms with Crippen LogP contribution >= 0.6 is 0 Å². The molecular formula is C21H18O8. The molecule has 0 radical (unpaired) electrons. The number of rotatable bonds is 3. The first-order chi connectivity index (χ1) is 14.0. The van der Waals surface area contributed by atoms with Crippen LogP contribution < -0.4 is 4.74 Å². The van der Waals surface area contributed by atoms with Crippen LogP contribution in [0, 0.1) is 11.8 Å². The van der Waals surface area contributed by atoms with Gasteiger partial charge in [-0.25, -0.2) is 9.59 Å². The number of phenols is 1. The predicted molar refractivity (Wildman–Crippen MR) is 97.4 cm³/mol. The van der Waals surface area contributed by atoms with Crippen molar-refractivity contribution in [3.05, 3.63) is 53.3 Å². The van der Waals surface area contributed by atoms with Crippen molar-refractivity contribution in [1.29, 1.82) is 0 Å². The molecule has 29 heavy (non-hydrogen) atoms. The molecule has 1 spiro atoms. The van der Waals surface area contributed by atoms with Crippen molar-refractivity contribution in [2.75, 3.05) is 14.2 Å². The van der Waals surface area contributed by atoms with Crippen molar-refractivity contribution in [3.63, 3.8) is 0 Å². The van der Waals surface area contributed by atoms with E-state index in [9.17, 15) is 14.7 Å². The lowest BCUT2D eigenvalue weighted by atomic mass is 9.78. The minimum atomic E-state index is -1.03. The lowest BCUT2D eigenvalue weighted by Crippen LogP contribution is -2.43. The molecule has 8 nitrogen and oxygen atoms in total. The zero-order chi connectivity index (χ0) is 20.3. The van der Waals surface area contributed by atoms with E-state index in [1.807, 2.05) is 6.08 Å². The Bertz CT molecular complexity index is 1010. The SMILES string of the molecule is COC(=O)C1=CO[C@@H]2O[C@@H]3/C(=C\c4ccc(O)c(OC)c4)C(=O)O[C@@]34C=C[C@@H]1[C@H]24. The maximum Gasteiger partial charge on any atom is 0.337 e. The molecule has 1 aliphatic carbocycles. The number of carbonyl (C=O) groups is 2. The summed E-state index contributed by atoms with van der Waals surface area (Å²) in [5, 5.41) is 9.78. The van der Waals surface area contributed by atoms with E-state index in [1.54, 1.807) is 24.3 Å². The molecule has 3 heterocycles. The molecule has 1 N–H and O–H groups in total. The smallest absolute Gasteiger partial charge is 0.337 e. The normalized spacial score (nSPS) is 34.9. The molecule has 2 saturated heterocycles. The van der Waals surface area contributed by atoms with Gasteiger partial charge >= 0.3 is 11.9 Å². The average molecular weight is 398 g/mol. The van der Waals surface area contributed by atoms with Crippen LogP contribution in [0.4, 0.5) is 0 Å². The van der Waals surface area contributed by atoms with Gasteiger partial charge in [-0.05, 0) is 29.8 Å². The maximum absolute atomic E-state index is 12.7. The fraction of sp³-hybridized carbons (Fsp3) is 0.333. The van der Waals surface area contributed by atoms with Crippen molar-refractivity contribution < 1.29 is 38.4 Å². The first-order valence-corrected chi connectivity index (χ1v) is 9.09. The summed E-state index contributed by atoms with van der Waals surface area (Å²) < 4.78 is 27.4. The summed E-state index contributed by atoms with van der Waals surface area (Å²) in [7, 11) is 2.75. The number of hydrogen-bond donors (Lipinski definition) is 1. The summed E-state index contributed by atoms with van der Waals surface area (Å²) in [5.74, 6) is -1.41. The Morgan fingerprint density at radius 2 is 2.14 bits per heavy atom. The molecule has 1 aromatic carbocycles.